The molecule has 2 aromatic rings. The Kier molecular flexibility index (Phi) is 2.25. The average molecular weight is 202 g/mol. The highest BCUT2D eigenvalue weighted by Gasteiger charge is 2.11. The third-order valence-electron chi connectivity index (χ3n) is 2.19. The van der Waals surface area contributed by atoms with Crippen LogP contribution in [-0.4, -0.2) is 23.1 Å². The first-order valence-electron chi connectivity index (χ1n) is 4.53. The lowest BCUT2D eigenvalue weighted by atomic mass is 10.1. The smallest absolute Gasteiger partial charge is 0.339 e. The molecule has 4 heteroatoms. The Balaban J connectivity index is 2.74. The zero-order chi connectivity index (χ0) is 10.8. The lowest BCUT2D eigenvalue weighted by Gasteiger charge is -2.06. The summed E-state index contributed by atoms with van der Waals surface area (Å²) in [4.78, 5) is 15.2. The van der Waals surface area contributed by atoms with Crippen molar-refractivity contribution in [2.45, 2.75) is 0 Å². The summed E-state index contributed by atoms with van der Waals surface area (Å²) < 4.78 is 0. The Morgan fingerprint density at radius 3 is 2.80 bits per heavy atom. The van der Waals surface area contributed by atoms with Crippen molar-refractivity contribution in [2.75, 3.05) is 12.4 Å². The number of fused-ring (bicyclic) bond motifs is 1. The summed E-state index contributed by atoms with van der Waals surface area (Å²) in [6, 6.07) is 9.04. The first kappa shape index (κ1) is 9.45. The minimum atomic E-state index is -0.974. The highest BCUT2D eigenvalue weighted by Crippen LogP contribution is 2.19. The van der Waals surface area contributed by atoms with Gasteiger partial charge in [-0.1, -0.05) is 18.2 Å². The number of carboxylic acid groups (broad SMARTS) is 1. The molecule has 1 aromatic carbocycles. The van der Waals surface area contributed by atoms with Gasteiger partial charge in [0, 0.05) is 12.4 Å². The number of hydrogen-bond acceptors (Lipinski definition) is 3. The van der Waals surface area contributed by atoms with Crippen molar-refractivity contribution in [1.82, 2.24) is 4.98 Å². The number of anilines is 1. The maximum Gasteiger partial charge on any atom is 0.339 e. The van der Waals surface area contributed by atoms with Crippen LogP contribution in [0.25, 0.3) is 10.9 Å². The zero-order valence-corrected chi connectivity index (χ0v) is 8.19. The van der Waals surface area contributed by atoms with Gasteiger partial charge in [-0.15, -0.1) is 0 Å². The van der Waals surface area contributed by atoms with Crippen LogP contribution in [0.1, 0.15) is 10.4 Å². The van der Waals surface area contributed by atoms with E-state index in [1.54, 1.807) is 13.1 Å². The third kappa shape index (κ3) is 1.61. The number of carbonyl (C=O) groups is 1. The predicted octanol–water partition coefficient (Wildman–Crippen LogP) is 1.97. The number of para-hydroxylation sites is 1. The van der Waals surface area contributed by atoms with Crippen molar-refractivity contribution >= 4 is 22.7 Å². The number of nitrogens with zero attached hydrogens (tertiary/aromatic N) is 1. The lowest BCUT2D eigenvalue weighted by Crippen LogP contribution is -2.04. The summed E-state index contributed by atoms with van der Waals surface area (Å²) in [5.41, 5.74) is 0.975. The molecule has 0 fully saturated rings. The van der Waals surface area contributed by atoms with Crippen LogP contribution >= 0.6 is 0 Å². The van der Waals surface area contributed by atoms with Gasteiger partial charge in [-0.05, 0) is 12.1 Å². The van der Waals surface area contributed by atoms with Gasteiger partial charge in [0.1, 0.15) is 11.4 Å². The van der Waals surface area contributed by atoms with Gasteiger partial charge in [-0.25, -0.2) is 9.78 Å². The van der Waals surface area contributed by atoms with Crippen molar-refractivity contribution in [1.29, 1.82) is 0 Å². The van der Waals surface area contributed by atoms with Crippen LogP contribution in [0, 0.1) is 0 Å². The topological polar surface area (TPSA) is 62.2 Å². The number of hydrogen-bond donors (Lipinski definition) is 2. The molecule has 0 aliphatic rings. The third-order valence-corrected chi connectivity index (χ3v) is 2.19. The second-order valence-electron chi connectivity index (χ2n) is 3.13. The fraction of sp³-hybridized carbons (Fsp3) is 0.0909. The van der Waals surface area contributed by atoms with Crippen LogP contribution < -0.4 is 5.32 Å². The summed E-state index contributed by atoms with van der Waals surface area (Å²) >= 11 is 0. The van der Waals surface area contributed by atoms with E-state index >= 15 is 0 Å². The summed E-state index contributed by atoms with van der Waals surface area (Å²) in [5, 5.41) is 12.6. The van der Waals surface area contributed by atoms with Crippen LogP contribution in [0.3, 0.4) is 0 Å². The molecule has 76 valence electrons. The van der Waals surface area contributed by atoms with E-state index in [1.165, 1.54) is 0 Å². The first-order valence-corrected chi connectivity index (χ1v) is 4.53. The predicted molar refractivity (Wildman–Crippen MR) is 58.2 cm³/mol. The first-order chi connectivity index (χ1) is 7.22. The van der Waals surface area contributed by atoms with Crippen molar-refractivity contribution in [3.8, 4) is 0 Å². The Labute approximate surface area is 86.6 Å². The van der Waals surface area contributed by atoms with Gasteiger partial charge in [0.15, 0.2) is 0 Å². The number of rotatable bonds is 2. The Morgan fingerprint density at radius 1 is 1.40 bits per heavy atom. The van der Waals surface area contributed by atoms with E-state index < -0.39 is 5.97 Å². The highest BCUT2D eigenvalue weighted by molar-refractivity contribution is 5.97. The number of nitrogens with one attached hydrogen (secondary N) is 1. The molecule has 0 unspecified atom stereocenters. The van der Waals surface area contributed by atoms with Crippen molar-refractivity contribution in [2.24, 2.45) is 0 Å². The molecule has 2 N–H and O–H groups in total. The van der Waals surface area contributed by atoms with Gasteiger partial charge < -0.3 is 10.4 Å². The molecule has 0 atom stereocenters. The van der Waals surface area contributed by atoms with Gasteiger partial charge in [0.05, 0.1) is 5.52 Å². The standard InChI is InChI=1S/C11H10N2O2/c1-12-10-8(11(14)15)6-7-4-2-3-5-9(7)13-10/h2-6H,1H3,(H,12,13)(H,14,15). The fourth-order valence-corrected chi connectivity index (χ4v) is 1.47. The zero-order valence-electron chi connectivity index (χ0n) is 8.19. The van der Waals surface area contributed by atoms with E-state index in [4.69, 9.17) is 5.11 Å². The van der Waals surface area contributed by atoms with E-state index in [0.717, 1.165) is 10.9 Å². The normalized spacial score (nSPS) is 10.2. The van der Waals surface area contributed by atoms with Gasteiger partial charge in [0.25, 0.3) is 0 Å². The molecular weight excluding hydrogens is 192 g/mol. The van der Waals surface area contributed by atoms with Gasteiger partial charge in [0.2, 0.25) is 0 Å². The van der Waals surface area contributed by atoms with Crippen molar-refractivity contribution < 1.29 is 9.90 Å². The SMILES string of the molecule is CNc1nc2ccccc2cc1C(=O)O. The number of pyridine rings is 1. The summed E-state index contributed by atoms with van der Waals surface area (Å²) in [6.07, 6.45) is 0. The molecule has 0 amide bonds. The molecular formula is C11H10N2O2. The van der Waals surface area contributed by atoms with Gasteiger partial charge >= 0.3 is 5.97 Å². The molecule has 0 aliphatic carbocycles. The van der Waals surface area contributed by atoms with Gasteiger partial charge in [-0.3, -0.25) is 0 Å². The molecule has 2 rings (SSSR count). The largest absolute Gasteiger partial charge is 0.478 e. The Hall–Kier alpha value is -2.10. The molecule has 0 aliphatic heterocycles. The second-order valence-corrected chi connectivity index (χ2v) is 3.13. The summed E-state index contributed by atoms with van der Waals surface area (Å²) in [5.74, 6) is -0.584. The van der Waals surface area contributed by atoms with E-state index in [2.05, 4.69) is 10.3 Å². The monoisotopic (exact) mass is 202 g/mol. The van der Waals surface area contributed by atoms with E-state index in [1.807, 2.05) is 24.3 Å². The second kappa shape index (κ2) is 3.57. The molecule has 1 heterocycles. The number of carboxylic acids is 1. The summed E-state index contributed by atoms with van der Waals surface area (Å²) in [6.45, 7) is 0. The fourth-order valence-electron chi connectivity index (χ4n) is 1.47. The summed E-state index contributed by atoms with van der Waals surface area (Å²) in [7, 11) is 1.66. The van der Waals surface area contributed by atoms with E-state index in [9.17, 15) is 4.79 Å². The van der Waals surface area contributed by atoms with E-state index in [0.29, 0.717) is 5.82 Å². The molecule has 0 radical (unpaired) electrons. The Morgan fingerprint density at radius 2 is 2.13 bits per heavy atom. The molecule has 4 nitrogen and oxygen atoms in total. The number of aromatic carboxylic acids is 1. The highest BCUT2D eigenvalue weighted by atomic mass is 16.4. The average Bonchev–Trinajstić information content (AvgIpc) is 2.27. The quantitative estimate of drug-likeness (QED) is 0.781. The van der Waals surface area contributed by atoms with Crippen LogP contribution in [0.2, 0.25) is 0 Å². The number of aromatic nitrogens is 1. The lowest BCUT2D eigenvalue weighted by molar-refractivity contribution is 0.0698. The maximum absolute atomic E-state index is 10.9. The van der Waals surface area contributed by atoms with Gasteiger partial charge in [-0.2, -0.15) is 0 Å². The minimum absolute atomic E-state index is 0.191. The molecule has 0 saturated heterocycles. The molecule has 15 heavy (non-hydrogen) atoms. The van der Waals surface area contributed by atoms with E-state index in [-0.39, 0.29) is 5.56 Å². The molecule has 1 aromatic heterocycles. The van der Waals surface area contributed by atoms with Crippen molar-refractivity contribution in [3.05, 3.63) is 35.9 Å². The molecule has 0 spiro atoms. The van der Waals surface area contributed by atoms with Crippen LogP contribution in [-0.2, 0) is 0 Å². The van der Waals surface area contributed by atoms with Crippen molar-refractivity contribution in [3.63, 3.8) is 0 Å². The minimum Gasteiger partial charge on any atom is -0.478 e. The maximum atomic E-state index is 10.9. The molecule has 0 saturated carbocycles. The Bertz CT molecular complexity index is 523. The van der Waals surface area contributed by atoms with Crippen LogP contribution in [0.4, 0.5) is 5.82 Å². The van der Waals surface area contributed by atoms with Crippen LogP contribution in [0.15, 0.2) is 30.3 Å². The number of benzene rings is 1. The molecule has 0 bridgehead atoms. The van der Waals surface area contributed by atoms with Crippen LogP contribution in [0.5, 0.6) is 0 Å².